The number of hydrogen-bond acceptors (Lipinski definition) is 7. The van der Waals surface area contributed by atoms with Gasteiger partial charge in [-0.3, -0.25) is 4.79 Å². The zero-order valence-corrected chi connectivity index (χ0v) is 21.0. The number of aryl methyl sites for hydroxylation is 1. The molecule has 0 fully saturated rings. The molecule has 1 aliphatic rings. The molecule has 34 heavy (non-hydrogen) atoms. The molecular weight excluding hydrogens is 489 g/mol. The first-order chi connectivity index (χ1) is 16.6. The second-order valence-electron chi connectivity index (χ2n) is 7.78. The van der Waals surface area contributed by atoms with Crippen LogP contribution in [-0.2, 0) is 35.7 Å². The summed E-state index contributed by atoms with van der Waals surface area (Å²) in [6.45, 7) is 4.36. The largest absolute Gasteiger partial charge is 0.316 e. The number of thiophene rings is 1. The van der Waals surface area contributed by atoms with Gasteiger partial charge in [0.25, 0.3) is 0 Å². The predicted octanol–water partition coefficient (Wildman–Crippen LogP) is 5.58. The Hall–Kier alpha value is -2.61. The van der Waals surface area contributed by atoms with E-state index in [9.17, 15) is 14.4 Å². The SMILES string of the molecule is C=CCn1c(CSCc2ccc(F)cc2)nnc1SCC(=O)Nc1sc2c(c1C#N)CCCC2. The molecule has 0 unspecified atom stereocenters. The molecule has 0 spiro atoms. The maximum atomic E-state index is 13.1. The fourth-order valence-corrected chi connectivity index (χ4v) is 6.70. The van der Waals surface area contributed by atoms with Crippen LogP contribution in [0.2, 0.25) is 0 Å². The van der Waals surface area contributed by atoms with Gasteiger partial charge >= 0.3 is 0 Å². The van der Waals surface area contributed by atoms with Crippen LogP contribution in [0.25, 0.3) is 0 Å². The number of benzene rings is 1. The topological polar surface area (TPSA) is 83.6 Å². The van der Waals surface area contributed by atoms with Crippen LogP contribution in [0.3, 0.4) is 0 Å². The van der Waals surface area contributed by atoms with E-state index in [1.165, 1.54) is 40.1 Å². The van der Waals surface area contributed by atoms with Crippen LogP contribution in [0, 0.1) is 17.1 Å². The summed E-state index contributed by atoms with van der Waals surface area (Å²) in [6.07, 6.45) is 5.88. The summed E-state index contributed by atoms with van der Waals surface area (Å²) < 4.78 is 15.0. The van der Waals surface area contributed by atoms with Gasteiger partial charge in [-0.2, -0.15) is 5.26 Å². The molecule has 0 bridgehead atoms. The third-order valence-corrected chi connectivity index (χ3v) is 8.56. The second kappa shape index (κ2) is 11.7. The number of carbonyl (C=O) groups excluding carboxylic acids is 1. The number of carbonyl (C=O) groups is 1. The lowest BCUT2D eigenvalue weighted by Gasteiger charge is -2.09. The van der Waals surface area contributed by atoms with Crippen molar-refractivity contribution in [2.75, 3.05) is 11.1 Å². The van der Waals surface area contributed by atoms with Gasteiger partial charge in [0.2, 0.25) is 5.91 Å². The number of anilines is 1. The highest BCUT2D eigenvalue weighted by molar-refractivity contribution is 7.99. The maximum absolute atomic E-state index is 13.1. The van der Waals surface area contributed by atoms with Crippen molar-refractivity contribution in [1.29, 1.82) is 5.26 Å². The molecule has 0 atom stereocenters. The summed E-state index contributed by atoms with van der Waals surface area (Å²) in [5.41, 5.74) is 2.77. The Balaban J connectivity index is 1.35. The third-order valence-electron chi connectivity index (χ3n) is 5.39. The lowest BCUT2D eigenvalue weighted by molar-refractivity contribution is -0.113. The number of amides is 1. The molecule has 10 heteroatoms. The van der Waals surface area contributed by atoms with E-state index in [0.29, 0.717) is 28.0 Å². The zero-order chi connectivity index (χ0) is 23.9. The van der Waals surface area contributed by atoms with Crippen LogP contribution in [0.4, 0.5) is 9.39 Å². The van der Waals surface area contributed by atoms with Crippen LogP contribution in [0.5, 0.6) is 0 Å². The van der Waals surface area contributed by atoms with Crippen molar-refractivity contribution in [3.8, 4) is 6.07 Å². The number of aromatic nitrogens is 3. The average Bonchev–Trinajstić information content (AvgIpc) is 3.39. The van der Waals surface area contributed by atoms with E-state index in [1.54, 1.807) is 30.0 Å². The van der Waals surface area contributed by atoms with Crippen molar-refractivity contribution in [3.63, 3.8) is 0 Å². The minimum absolute atomic E-state index is 0.166. The molecule has 2 aromatic heterocycles. The van der Waals surface area contributed by atoms with Crippen LogP contribution >= 0.6 is 34.9 Å². The minimum Gasteiger partial charge on any atom is -0.316 e. The molecule has 0 radical (unpaired) electrons. The van der Waals surface area contributed by atoms with Crippen LogP contribution in [0.15, 0.2) is 42.1 Å². The first kappa shape index (κ1) is 24.5. The van der Waals surface area contributed by atoms with E-state index in [1.807, 2.05) is 4.57 Å². The fraction of sp³-hybridized carbons (Fsp3) is 0.333. The molecule has 4 rings (SSSR count). The number of rotatable bonds is 10. The summed E-state index contributed by atoms with van der Waals surface area (Å²) in [6, 6.07) is 8.75. The number of fused-ring (bicyclic) bond motifs is 1. The predicted molar refractivity (Wildman–Crippen MR) is 137 cm³/mol. The first-order valence-corrected chi connectivity index (χ1v) is 13.9. The quantitative estimate of drug-likeness (QED) is 0.281. The van der Waals surface area contributed by atoms with Gasteiger partial charge in [-0.05, 0) is 48.9 Å². The molecule has 2 heterocycles. The lowest BCUT2D eigenvalue weighted by Crippen LogP contribution is -2.15. The van der Waals surface area contributed by atoms with Crippen LogP contribution in [-0.4, -0.2) is 26.4 Å². The highest BCUT2D eigenvalue weighted by atomic mass is 32.2. The van der Waals surface area contributed by atoms with E-state index in [-0.39, 0.29) is 17.5 Å². The number of allylic oxidation sites excluding steroid dienone is 1. The molecule has 0 aliphatic heterocycles. The molecule has 1 aromatic carbocycles. The van der Waals surface area contributed by atoms with Crippen molar-refractivity contribution in [2.45, 2.75) is 48.9 Å². The van der Waals surface area contributed by atoms with Gasteiger partial charge < -0.3 is 9.88 Å². The van der Waals surface area contributed by atoms with Gasteiger partial charge in [0.1, 0.15) is 22.7 Å². The molecule has 6 nitrogen and oxygen atoms in total. The number of nitriles is 1. The Morgan fingerprint density at radius 2 is 2.06 bits per heavy atom. The summed E-state index contributed by atoms with van der Waals surface area (Å²) in [4.78, 5) is 13.9. The monoisotopic (exact) mass is 513 g/mol. The van der Waals surface area contributed by atoms with Gasteiger partial charge in [0.15, 0.2) is 5.16 Å². The highest BCUT2D eigenvalue weighted by Crippen LogP contribution is 2.37. The normalized spacial score (nSPS) is 12.7. The molecule has 0 saturated carbocycles. The third kappa shape index (κ3) is 5.90. The Kier molecular flexibility index (Phi) is 8.43. The molecule has 3 aromatic rings. The average molecular weight is 514 g/mol. The Morgan fingerprint density at radius 3 is 2.82 bits per heavy atom. The van der Waals surface area contributed by atoms with Crippen LogP contribution in [0.1, 0.15) is 40.2 Å². The number of nitrogens with one attached hydrogen (secondary N) is 1. The lowest BCUT2D eigenvalue weighted by atomic mass is 9.96. The summed E-state index contributed by atoms with van der Waals surface area (Å²) in [7, 11) is 0. The van der Waals surface area contributed by atoms with Crippen LogP contribution < -0.4 is 5.32 Å². The number of thioether (sulfide) groups is 2. The molecular formula is C24H24FN5OS3. The Labute approximate surface area is 210 Å². The van der Waals surface area contributed by atoms with Gasteiger partial charge in [-0.1, -0.05) is 30.0 Å². The minimum atomic E-state index is -0.243. The fourth-order valence-electron chi connectivity index (χ4n) is 3.75. The summed E-state index contributed by atoms with van der Waals surface area (Å²) in [5.74, 6) is 1.93. The van der Waals surface area contributed by atoms with Crippen molar-refractivity contribution < 1.29 is 9.18 Å². The van der Waals surface area contributed by atoms with E-state index >= 15 is 0 Å². The smallest absolute Gasteiger partial charge is 0.235 e. The van der Waals surface area contributed by atoms with Crippen molar-refractivity contribution in [1.82, 2.24) is 14.8 Å². The van der Waals surface area contributed by atoms with Gasteiger partial charge in [-0.15, -0.1) is 39.9 Å². The Bertz CT molecular complexity index is 1210. The van der Waals surface area contributed by atoms with E-state index in [2.05, 4.69) is 28.2 Å². The molecule has 176 valence electrons. The zero-order valence-electron chi connectivity index (χ0n) is 18.6. The van der Waals surface area contributed by atoms with Crippen molar-refractivity contribution in [2.24, 2.45) is 0 Å². The highest BCUT2D eigenvalue weighted by Gasteiger charge is 2.22. The van der Waals surface area contributed by atoms with Gasteiger partial charge in [0.05, 0.1) is 17.1 Å². The number of halogens is 1. The van der Waals surface area contributed by atoms with E-state index in [0.717, 1.165) is 48.4 Å². The molecule has 0 saturated heterocycles. The van der Waals surface area contributed by atoms with E-state index < -0.39 is 0 Å². The Morgan fingerprint density at radius 1 is 1.26 bits per heavy atom. The van der Waals surface area contributed by atoms with E-state index in [4.69, 9.17) is 0 Å². The molecule has 1 aliphatic carbocycles. The van der Waals surface area contributed by atoms with Gasteiger partial charge in [0, 0.05) is 17.2 Å². The summed E-state index contributed by atoms with van der Waals surface area (Å²) >= 11 is 4.51. The molecule has 1 amide bonds. The standard InChI is InChI=1S/C24H24FN5OS3/c1-2-11-30-21(14-32-13-16-7-9-17(25)10-8-16)28-29-24(30)33-15-22(31)27-23-19(12-26)18-5-3-4-6-20(18)34-23/h2,7-10H,1,3-6,11,13-15H2,(H,27,31). The first-order valence-electron chi connectivity index (χ1n) is 10.9. The maximum Gasteiger partial charge on any atom is 0.235 e. The second-order valence-corrected chi connectivity index (χ2v) is 10.8. The van der Waals surface area contributed by atoms with Crippen molar-refractivity contribution >= 4 is 45.8 Å². The van der Waals surface area contributed by atoms with Crippen molar-refractivity contribution in [3.05, 3.63) is 70.1 Å². The number of nitrogens with zero attached hydrogens (tertiary/aromatic N) is 4. The summed E-state index contributed by atoms with van der Waals surface area (Å²) in [5, 5.41) is 22.4. The van der Waals surface area contributed by atoms with Gasteiger partial charge in [-0.25, -0.2) is 4.39 Å². The number of hydrogen-bond donors (Lipinski definition) is 1. The molecule has 1 N–H and O–H groups in total.